The van der Waals surface area contributed by atoms with E-state index < -0.39 is 0 Å². The number of para-hydroxylation sites is 2. The molecule has 0 aliphatic carbocycles. The number of carbonyl (C=O) groups is 3. The maximum atomic E-state index is 12.4. The molecule has 0 spiro atoms. The Morgan fingerprint density at radius 1 is 1.15 bits per heavy atom. The number of imide groups is 1. The Morgan fingerprint density at radius 3 is 2.46 bits per heavy atom. The van der Waals surface area contributed by atoms with Crippen LogP contribution in [0.1, 0.15) is 44.5 Å². The molecule has 0 atom stereocenters. The average Bonchev–Trinajstić information content (AvgIpc) is 3.09. The summed E-state index contributed by atoms with van der Waals surface area (Å²) in [5.41, 5.74) is 2.05. The fourth-order valence-corrected chi connectivity index (χ4v) is 3.71. The van der Waals surface area contributed by atoms with E-state index in [9.17, 15) is 14.4 Å². The first-order chi connectivity index (χ1) is 12.5. The number of rotatable bonds is 4. The standard InChI is InChI=1S/C19H22N4O3/c1-12(2)19-20-14-5-3-4-6-15(14)23(19)13-9-21(10-13)18(26)11-22-16(24)7-8-17(22)25/h3-6,12-13H,7-11H2,1-2H3. The lowest BCUT2D eigenvalue weighted by molar-refractivity contribution is -0.148. The van der Waals surface area contributed by atoms with Crippen LogP contribution in [-0.4, -0.2) is 56.7 Å². The molecule has 2 aliphatic heterocycles. The van der Waals surface area contributed by atoms with E-state index in [1.807, 2.05) is 18.2 Å². The van der Waals surface area contributed by atoms with Gasteiger partial charge in [0.2, 0.25) is 17.7 Å². The topological polar surface area (TPSA) is 75.5 Å². The lowest BCUT2D eigenvalue weighted by atomic mass is 10.1. The minimum atomic E-state index is -0.247. The Labute approximate surface area is 151 Å². The van der Waals surface area contributed by atoms with Crippen LogP contribution in [0.3, 0.4) is 0 Å². The number of likely N-dealkylation sites (tertiary alicyclic amines) is 2. The number of imidazole rings is 1. The minimum absolute atomic E-state index is 0.133. The lowest BCUT2D eigenvalue weighted by Gasteiger charge is -2.41. The van der Waals surface area contributed by atoms with Gasteiger partial charge in [0.05, 0.1) is 17.1 Å². The maximum absolute atomic E-state index is 12.4. The molecule has 0 N–H and O–H groups in total. The van der Waals surface area contributed by atoms with E-state index in [2.05, 4.69) is 24.5 Å². The van der Waals surface area contributed by atoms with Crippen molar-refractivity contribution in [3.63, 3.8) is 0 Å². The third-order valence-electron chi connectivity index (χ3n) is 5.17. The Morgan fingerprint density at radius 2 is 1.81 bits per heavy atom. The number of aromatic nitrogens is 2. The molecule has 0 bridgehead atoms. The summed E-state index contributed by atoms with van der Waals surface area (Å²) in [7, 11) is 0. The Hall–Kier alpha value is -2.70. The summed E-state index contributed by atoms with van der Waals surface area (Å²) >= 11 is 0. The Kier molecular flexibility index (Phi) is 4.01. The highest BCUT2D eigenvalue weighted by Gasteiger charge is 2.37. The summed E-state index contributed by atoms with van der Waals surface area (Å²) in [6.07, 6.45) is 0.432. The molecule has 1 aromatic carbocycles. The fraction of sp³-hybridized carbons (Fsp3) is 0.474. The number of fused-ring (bicyclic) bond motifs is 1. The number of carbonyl (C=O) groups excluding carboxylic acids is 3. The molecule has 0 saturated carbocycles. The quantitative estimate of drug-likeness (QED) is 0.783. The van der Waals surface area contributed by atoms with Gasteiger partial charge in [0, 0.05) is 31.8 Å². The van der Waals surface area contributed by atoms with Gasteiger partial charge in [-0.3, -0.25) is 19.3 Å². The van der Waals surface area contributed by atoms with E-state index in [1.54, 1.807) is 4.90 Å². The zero-order valence-corrected chi connectivity index (χ0v) is 15.0. The maximum Gasteiger partial charge on any atom is 0.242 e. The number of nitrogens with zero attached hydrogens (tertiary/aromatic N) is 4. The number of hydrogen-bond donors (Lipinski definition) is 0. The predicted octanol–water partition coefficient (Wildman–Crippen LogP) is 1.69. The van der Waals surface area contributed by atoms with Gasteiger partial charge in [0.25, 0.3) is 0 Å². The monoisotopic (exact) mass is 354 g/mol. The van der Waals surface area contributed by atoms with Gasteiger partial charge in [-0.05, 0) is 12.1 Å². The SMILES string of the molecule is CC(C)c1nc2ccccc2n1C1CN(C(=O)CN2C(=O)CCC2=O)C1. The first kappa shape index (κ1) is 16.8. The van der Waals surface area contributed by atoms with Gasteiger partial charge in [-0.15, -0.1) is 0 Å². The molecule has 0 unspecified atom stereocenters. The second kappa shape index (κ2) is 6.23. The largest absolute Gasteiger partial charge is 0.337 e. The molecule has 26 heavy (non-hydrogen) atoms. The van der Waals surface area contributed by atoms with Gasteiger partial charge < -0.3 is 9.47 Å². The Balaban J connectivity index is 1.49. The normalized spacial score (nSPS) is 18.3. The highest BCUT2D eigenvalue weighted by Crippen LogP contribution is 2.31. The van der Waals surface area contributed by atoms with Gasteiger partial charge in [0.15, 0.2) is 0 Å². The molecule has 7 nitrogen and oxygen atoms in total. The van der Waals surface area contributed by atoms with Crippen LogP contribution in [-0.2, 0) is 14.4 Å². The van der Waals surface area contributed by atoms with Gasteiger partial charge >= 0.3 is 0 Å². The second-order valence-electron chi connectivity index (χ2n) is 7.31. The van der Waals surface area contributed by atoms with Gasteiger partial charge in [0.1, 0.15) is 12.4 Å². The smallest absolute Gasteiger partial charge is 0.242 e. The molecule has 3 heterocycles. The molecule has 2 fully saturated rings. The van der Waals surface area contributed by atoms with Crippen LogP contribution in [0.4, 0.5) is 0 Å². The highest BCUT2D eigenvalue weighted by molar-refractivity contribution is 6.04. The first-order valence-corrected chi connectivity index (χ1v) is 9.03. The summed E-state index contributed by atoms with van der Waals surface area (Å²) in [4.78, 5) is 43.3. The zero-order valence-electron chi connectivity index (χ0n) is 15.0. The van der Waals surface area contributed by atoms with Crippen molar-refractivity contribution in [1.82, 2.24) is 19.4 Å². The zero-order chi connectivity index (χ0) is 18.4. The van der Waals surface area contributed by atoms with E-state index in [0.29, 0.717) is 13.1 Å². The van der Waals surface area contributed by atoms with E-state index in [-0.39, 0.29) is 49.1 Å². The molecule has 2 aliphatic rings. The van der Waals surface area contributed by atoms with Crippen LogP contribution in [0.25, 0.3) is 11.0 Å². The molecular weight excluding hydrogens is 332 g/mol. The first-order valence-electron chi connectivity index (χ1n) is 9.03. The van der Waals surface area contributed by atoms with Crippen molar-refractivity contribution < 1.29 is 14.4 Å². The van der Waals surface area contributed by atoms with Gasteiger partial charge in [-0.1, -0.05) is 26.0 Å². The van der Waals surface area contributed by atoms with Gasteiger partial charge in [-0.25, -0.2) is 4.98 Å². The summed E-state index contributed by atoms with van der Waals surface area (Å²) < 4.78 is 2.23. The van der Waals surface area contributed by atoms with Crippen LogP contribution in [0.2, 0.25) is 0 Å². The van der Waals surface area contributed by atoms with E-state index in [0.717, 1.165) is 21.8 Å². The lowest BCUT2D eigenvalue weighted by Crippen LogP contribution is -2.54. The number of hydrogen-bond acceptors (Lipinski definition) is 4. The second-order valence-corrected chi connectivity index (χ2v) is 7.31. The number of benzene rings is 1. The molecule has 7 heteroatoms. The summed E-state index contributed by atoms with van der Waals surface area (Å²) in [5, 5.41) is 0. The van der Waals surface area contributed by atoms with Crippen molar-refractivity contribution >= 4 is 28.8 Å². The van der Waals surface area contributed by atoms with Crippen LogP contribution >= 0.6 is 0 Å². The predicted molar refractivity (Wildman–Crippen MR) is 95.4 cm³/mol. The molecule has 1 aromatic heterocycles. The van der Waals surface area contributed by atoms with Crippen molar-refractivity contribution in [2.75, 3.05) is 19.6 Å². The highest BCUT2D eigenvalue weighted by atomic mass is 16.2. The summed E-state index contributed by atoms with van der Waals surface area (Å²) in [6, 6.07) is 8.21. The summed E-state index contributed by atoms with van der Waals surface area (Å²) in [6.45, 7) is 5.25. The van der Waals surface area contributed by atoms with Crippen LogP contribution in [0, 0.1) is 0 Å². The summed E-state index contributed by atoms with van der Waals surface area (Å²) in [5.74, 6) is 0.645. The molecule has 136 valence electrons. The number of amides is 3. The molecule has 2 aromatic rings. The molecule has 2 saturated heterocycles. The van der Waals surface area contributed by atoms with Crippen LogP contribution in [0.15, 0.2) is 24.3 Å². The van der Waals surface area contributed by atoms with E-state index in [4.69, 9.17) is 4.98 Å². The van der Waals surface area contributed by atoms with E-state index >= 15 is 0 Å². The molecule has 3 amide bonds. The third kappa shape index (κ3) is 2.67. The fourth-order valence-electron chi connectivity index (χ4n) is 3.71. The third-order valence-corrected chi connectivity index (χ3v) is 5.17. The molecular formula is C19H22N4O3. The Bertz CT molecular complexity index is 879. The van der Waals surface area contributed by atoms with Crippen molar-refractivity contribution in [2.45, 2.75) is 38.6 Å². The van der Waals surface area contributed by atoms with Gasteiger partial charge in [-0.2, -0.15) is 0 Å². The van der Waals surface area contributed by atoms with E-state index in [1.165, 1.54) is 0 Å². The molecule has 0 radical (unpaired) electrons. The van der Waals surface area contributed by atoms with Crippen LogP contribution in [0.5, 0.6) is 0 Å². The van der Waals surface area contributed by atoms with Crippen molar-refractivity contribution in [3.05, 3.63) is 30.1 Å². The van der Waals surface area contributed by atoms with Crippen molar-refractivity contribution in [1.29, 1.82) is 0 Å². The average molecular weight is 354 g/mol. The minimum Gasteiger partial charge on any atom is -0.337 e. The molecule has 4 rings (SSSR count). The van der Waals surface area contributed by atoms with Crippen molar-refractivity contribution in [3.8, 4) is 0 Å². The van der Waals surface area contributed by atoms with Crippen LogP contribution < -0.4 is 0 Å². The van der Waals surface area contributed by atoms with Crippen molar-refractivity contribution in [2.24, 2.45) is 0 Å².